The first kappa shape index (κ1) is 7.46. The van der Waals surface area contributed by atoms with Gasteiger partial charge in [0.25, 0.3) is 0 Å². The number of aliphatic carboxylic acids is 1. The van der Waals surface area contributed by atoms with Gasteiger partial charge in [0.2, 0.25) is 0 Å². The predicted octanol–water partition coefficient (Wildman–Crippen LogP) is -0.661. The van der Waals surface area contributed by atoms with Gasteiger partial charge in [0.15, 0.2) is 0 Å². The van der Waals surface area contributed by atoms with Crippen molar-refractivity contribution >= 4 is 5.97 Å². The van der Waals surface area contributed by atoms with Crippen LogP contribution in [0.3, 0.4) is 0 Å². The molecule has 1 heterocycles. The van der Waals surface area contributed by atoms with E-state index in [0.29, 0.717) is 13.0 Å². The SMILES string of the molecule is O=C(O)CNC1CCOO1. The molecule has 0 aromatic carbocycles. The summed E-state index contributed by atoms with van der Waals surface area (Å²) in [7, 11) is 0. The summed E-state index contributed by atoms with van der Waals surface area (Å²) < 4.78 is 0. The third-order valence-corrected chi connectivity index (χ3v) is 1.13. The van der Waals surface area contributed by atoms with Crippen molar-refractivity contribution in [1.29, 1.82) is 0 Å². The van der Waals surface area contributed by atoms with E-state index >= 15 is 0 Å². The lowest BCUT2D eigenvalue weighted by molar-refractivity contribution is -0.279. The molecule has 0 saturated carbocycles. The Bertz CT molecular complexity index is 121. The van der Waals surface area contributed by atoms with Gasteiger partial charge in [-0.05, 0) is 0 Å². The van der Waals surface area contributed by atoms with Crippen LogP contribution < -0.4 is 5.32 Å². The van der Waals surface area contributed by atoms with Gasteiger partial charge in [0.05, 0.1) is 13.2 Å². The number of nitrogens with one attached hydrogen (secondary N) is 1. The van der Waals surface area contributed by atoms with Gasteiger partial charge in [-0.15, -0.1) is 0 Å². The highest BCUT2D eigenvalue weighted by Crippen LogP contribution is 2.04. The highest BCUT2D eigenvalue weighted by molar-refractivity contribution is 5.69. The molecule has 0 amide bonds. The Morgan fingerprint density at radius 1 is 1.80 bits per heavy atom. The summed E-state index contributed by atoms with van der Waals surface area (Å²) in [5, 5.41) is 10.8. The lowest BCUT2D eigenvalue weighted by atomic mass is 10.4. The first-order valence-corrected chi connectivity index (χ1v) is 3.02. The molecule has 0 aromatic rings. The molecule has 0 bridgehead atoms. The number of rotatable bonds is 3. The van der Waals surface area contributed by atoms with Crippen LogP contribution in [0.2, 0.25) is 0 Å². The van der Waals surface area contributed by atoms with E-state index in [4.69, 9.17) is 5.11 Å². The normalized spacial score (nSPS) is 25.0. The standard InChI is InChI=1S/C5H9NO4/c7-5(8)3-6-4-1-2-9-10-4/h4,6H,1-3H2,(H,7,8). The first-order valence-electron chi connectivity index (χ1n) is 3.02. The van der Waals surface area contributed by atoms with E-state index in [2.05, 4.69) is 15.1 Å². The molecule has 1 atom stereocenters. The molecule has 10 heavy (non-hydrogen) atoms. The van der Waals surface area contributed by atoms with Crippen molar-refractivity contribution in [3.63, 3.8) is 0 Å². The zero-order chi connectivity index (χ0) is 7.40. The van der Waals surface area contributed by atoms with Gasteiger partial charge in [-0.25, -0.2) is 9.78 Å². The number of hydrogen-bond acceptors (Lipinski definition) is 4. The van der Waals surface area contributed by atoms with Gasteiger partial charge >= 0.3 is 5.97 Å². The maximum absolute atomic E-state index is 10.00. The van der Waals surface area contributed by atoms with Crippen molar-refractivity contribution in [3.8, 4) is 0 Å². The van der Waals surface area contributed by atoms with Crippen molar-refractivity contribution in [2.75, 3.05) is 13.2 Å². The molecular formula is C5H9NO4. The summed E-state index contributed by atoms with van der Waals surface area (Å²) in [4.78, 5) is 19.2. The molecule has 1 fully saturated rings. The lowest BCUT2D eigenvalue weighted by Crippen LogP contribution is -2.32. The molecule has 58 valence electrons. The summed E-state index contributed by atoms with van der Waals surface area (Å²) in [6, 6.07) is 0. The molecule has 1 saturated heterocycles. The van der Waals surface area contributed by atoms with E-state index in [1.54, 1.807) is 0 Å². The molecule has 1 unspecified atom stereocenters. The van der Waals surface area contributed by atoms with E-state index in [9.17, 15) is 4.79 Å². The number of hydrogen-bond donors (Lipinski definition) is 2. The minimum Gasteiger partial charge on any atom is -0.480 e. The van der Waals surface area contributed by atoms with Gasteiger partial charge in [-0.3, -0.25) is 10.1 Å². The van der Waals surface area contributed by atoms with Crippen LogP contribution in [0.5, 0.6) is 0 Å². The highest BCUT2D eigenvalue weighted by Gasteiger charge is 2.16. The second-order valence-corrected chi connectivity index (χ2v) is 1.97. The molecule has 2 N–H and O–H groups in total. The second kappa shape index (κ2) is 3.50. The minimum atomic E-state index is -0.893. The second-order valence-electron chi connectivity index (χ2n) is 1.97. The van der Waals surface area contributed by atoms with E-state index in [0.717, 1.165) is 0 Å². The zero-order valence-corrected chi connectivity index (χ0v) is 5.37. The number of carboxylic acid groups (broad SMARTS) is 1. The Balaban J connectivity index is 2.07. The molecule has 5 nitrogen and oxygen atoms in total. The largest absolute Gasteiger partial charge is 0.480 e. The Hall–Kier alpha value is -0.650. The Kier molecular flexibility index (Phi) is 2.61. The third-order valence-electron chi connectivity index (χ3n) is 1.13. The first-order chi connectivity index (χ1) is 4.79. The molecular weight excluding hydrogens is 138 g/mol. The maximum Gasteiger partial charge on any atom is 0.317 e. The van der Waals surface area contributed by atoms with Crippen molar-refractivity contribution in [3.05, 3.63) is 0 Å². The van der Waals surface area contributed by atoms with E-state index < -0.39 is 5.97 Å². The summed E-state index contributed by atoms with van der Waals surface area (Å²) in [5.74, 6) is -0.893. The van der Waals surface area contributed by atoms with E-state index in [1.165, 1.54) is 0 Å². The van der Waals surface area contributed by atoms with Crippen LogP contribution in [0.15, 0.2) is 0 Å². The average Bonchev–Trinajstić information content (AvgIpc) is 2.34. The van der Waals surface area contributed by atoms with Crippen LogP contribution in [-0.4, -0.2) is 30.5 Å². The van der Waals surface area contributed by atoms with Crippen LogP contribution in [0, 0.1) is 0 Å². The third kappa shape index (κ3) is 2.30. The Morgan fingerprint density at radius 2 is 2.60 bits per heavy atom. The Labute approximate surface area is 57.9 Å². The topological polar surface area (TPSA) is 67.8 Å². The molecule has 1 rings (SSSR count). The van der Waals surface area contributed by atoms with Gasteiger partial charge < -0.3 is 5.11 Å². The molecule has 1 aliphatic rings. The van der Waals surface area contributed by atoms with Gasteiger partial charge in [-0.2, -0.15) is 0 Å². The highest BCUT2D eigenvalue weighted by atomic mass is 17.2. The maximum atomic E-state index is 10.00. The molecule has 0 spiro atoms. The van der Waals surface area contributed by atoms with Crippen molar-refractivity contribution < 1.29 is 19.7 Å². The fourth-order valence-electron chi connectivity index (χ4n) is 0.671. The summed E-state index contributed by atoms with van der Waals surface area (Å²) in [5.41, 5.74) is 0. The van der Waals surface area contributed by atoms with Crippen LogP contribution >= 0.6 is 0 Å². The average molecular weight is 147 g/mol. The number of carbonyl (C=O) groups is 1. The minimum absolute atomic E-state index is 0.0893. The van der Waals surface area contributed by atoms with Gasteiger partial charge in [0, 0.05) is 6.42 Å². The Morgan fingerprint density at radius 3 is 3.10 bits per heavy atom. The van der Waals surface area contributed by atoms with Crippen LogP contribution in [-0.2, 0) is 14.6 Å². The molecule has 0 aliphatic carbocycles. The summed E-state index contributed by atoms with van der Waals surface area (Å²) >= 11 is 0. The van der Waals surface area contributed by atoms with Crippen LogP contribution in [0.1, 0.15) is 6.42 Å². The summed E-state index contributed by atoms with van der Waals surface area (Å²) in [6.45, 7) is 0.436. The molecule has 1 aliphatic heterocycles. The van der Waals surface area contributed by atoms with E-state index in [-0.39, 0.29) is 12.8 Å². The van der Waals surface area contributed by atoms with Crippen molar-refractivity contribution in [2.45, 2.75) is 12.6 Å². The number of carboxylic acids is 1. The van der Waals surface area contributed by atoms with Crippen LogP contribution in [0.25, 0.3) is 0 Å². The fraction of sp³-hybridized carbons (Fsp3) is 0.800. The monoisotopic (exact) mass is 147 g/mol. The molecule has 5 heteroatoms. The zero-order valence-electron chi connectivity index (χ0n) is 5.37. The van der Waals surface area contributed by atoms with Crippen LogP contribution in [0.4, 0.5) is 0 Å². The molecule has 0 radical (unpaired) electrons. The van der Waals surface area contributed by atoms with Gasteiger partial charge in [0.1, 0.15) is 6.23 Å². The molecule has 0 aromatic heterocycles. The quantitative estimate of drug-likeness (QED) is 0.518. The van der Waals surface area contributed by atoms with Crippen molar-refractivity contribution in [2.24, 2.45) is 0 Å². The van der Waals surface area contributed by atoms with Crippen molar-refractivity contribution in [1.82, 2.24) is 5.32 Å². The smallest absolute Gasteiger partial charge is 0.317 e. The lowest BCUT2D eigenvalue weighted by Gasteiger charge is -2.05. The van der Waals surface area contributed by atoms with E-state index in [1.807, 2.05) is 0 Å². The fourth-order valence-corrected chi connectivity index (χ4v) is 0.671. The van der Waals surface area contributed by atoms with Gasteiger partial charge in [-0.1, -0.05) is 0 Å². The predicted molar refractivity (Wildman–Crippen MR) is 31.1 cm³/mol. The summed E-state index contributed by atoms with van der Waals surface area (Å²) in [6.07, 6.45) is 0.448.